The fourth-order valence-electron chi connectivity index (χ4n) is 4.87. The molecule has 148 valence electrons. The molecule has 0 bridgehead atoms. The minimum atomic E-state index is -0.265. The van der Waals surface area contributed by atoms with Crippen molar-refractivity contribution in [2.45, 2.75) is 25.3 Å². The first-order valence-corrected chi connectivity index (χ1v) is 9.99. The number of aliphatic hydroxyl groups is 1. The standard InChI is InChI=1S/C23H27FN2O2/c1-25-13-4-11-23(16-27)12-14-26(15-21(23)25)22(28)18-9-7-17(8-10-18)19-5-2-3-6-20(19)24/h2-3,5-10,21,27H,4,11-16H2,1H3/t21-,23-/m1/s1. The number of likely N-dealkylation sites (N-methyl/N-ethyl adjacent to an activating group) is 1. The van der Waals surface area contributed by atoms with Crippen LogP contribution in [-0.4, -0.2) is 60.1 Å². The molecule has 0 spiro atoms. The summed E-state index contributed by atoms with van der Waals surface area (Å²) in [7, 11) is 2.09. The van der Waals surface area contributed by atoms with Gasteiger partial charge in [0.1, 0.15) is 5.82 Å². The Morgan fingerprint density at radius 3 is 2.61 bits per heavy atom. The van der Waals surface area contributed by atoms with Gasteiger partial charge in [-0.1, -0.05) is 30.3 Å². The van der Waals surface area contributed by atoms with Crippen LogP contribution in [0.25, 0.3) is 11.1 Å². The van der Waals surface area contributed by atoms with E-state index in [9.17, 15) is 14.3 Å². The zero-order valence-electron chi connectivity index (χ0n) is 16.3. The van der Waals surface area contributed by atoms with Crippen molar-refractivity contribution in [3.63, 3.8) is 0 Å². The number of fused-ring (bicyclic) bond motifs is 1. The van der Waals surface area contributed by atoms with Crippen molar-refractivity contribution in [3.05, 3.63) is 59.9 Å². The second-order valence-electron chi connectivity index (χ2n) is 8.18. The average molecular weight is 382 g/mol. The first-order chi connectivity index (χ1) is 13.5. The van der Waals surface area contributed by atoms with E-state index >= 15 is 0 Å². The molecule has 2 aromatic rings. The van der Waals surface area contributed by atoms with Crippen LogP contribution in [-0.2, 0) is 0 Å². The van der Waals surface area contributed by atoms with Crippen LogP contribution in [0.15, 0.2) is 48.5 Å². The fraction of sp³-hybridized carbons (Fsp3) is 0.435. The lowest BCUT2D eigenvalue weighted by Gasteiger charge is -2.53. The molecule has 1 N–H and O–H groups in total. The maximum Gasteiger partial charge on any atom is 0.253 e. The minimum Gasteiger partial charge on any atom is -0.396 e. The van der Waals surface area contributed by atoms with Crippen LogP contribution in [0, 0.1) is 11.2 Å². The van der Waals surface area contributed by atoms with Gasteiger partial charge in [0.05, 0.1) is 6.61 Å². The predicted molar refractivity (Wildman–Crippen MR) is 108 cm³/mol. The Labute approximate surface area is 165 Å². The van der Waals surface area contributed by atoms with Gasteiger partial charge in [0.2, 0.25) is 0 Å². The Kier molecular flexibility index (Phi) is 5.21. The van der Waals surface area contributed by atoms with Crippen LogP contribution in [0.5, 0.6) is 0 Å². The van der Waals surface area contributed by atoms with Gasteiger partial charge in [0.25, 0.3) is 5.91 Å². The number of aliphatic hydroxyl groups excluding tert-OH is 1. The van der Waals surface area contributed by atoms with Crippen LogP contribution in [0.1, 0.15) is 29.6 Å². The molecule has 1 amide bonds. The van der Waals surface area contributed by atoms with Crippen molar-refractivity contribution in [3.8, 4) is 11.1 Å². The summed E-state index contributed by atoms with van der Waals surface area (Å²) in [5.41, 5.74) is 1.84. The van der Waals surface area contributed by atoms with Crippen molar-refractivity contribution < 1.29 is 14.3 Å². The van der Waals surface area contributed by atoms with E-state index in [1.807, 2.05) is 4.90 Å². The Balaban J connectivity index is 1.51. The number of carbonyl (C=O) groups is 1. The fourth-order valence-corrected chi connectivity index (χ4v) is 4.87. The van der Waals surface area contributed by atoms with Crippen LogP contribution >= 0.6 is 0 Å². The van der Waals surface area contributed by atoms with E-state index in [0.717, 1.165) is 31.4 Å². The van der Waals surface area contributed by atoms with Gasteiger partial charge >= 0.3 is 0 Å². The number of piperidine rings is 2. The highest BCUT2D eigenvalue weighted by molar-refractivity contribution is 5.94. The summed E-state index contributed by atoms with van der Waals surface area (Å²) >= 11 is 0. The van der Waals surface area contributed by atoms with E-state index in [1.54, 1.807) is 42.5 Å². The Morgan fingerprint density at radius 2 is 1.89 bits per heavy atom. The van der Waals surface area contributed by atoms with Gasteiger partial charge in [-0.2, -0.15) is 0 Å². The third kappa shape index (κ3) is 3.33. The number of hydrogen-bond donors (Lipinski definition) is 1. The third-order valence-corrected chi connectivity index (χ3v) is 6.62. The number of carbonyl (C=O) groups excluding carboxylic acids is 1. The lowest BCUT2D eigenvalue weighted by Crippen LogP contribution is -2.62. The predicted octanol–water partition coefficient (Wildman–Crippen LogP) is 3.41. The molecule has 4 nitrogen and oxygen atoms in total. The summed E-state index contributed by atoms with van der Waals surface area (Å²) in [6.45, 7) is 2.50. The molecular formula is C23H27FN2O2. The molecule has 2 aliphatic rings. The Morgan fingerprint density at radius 1 is 1.14 bits per heavy atom. The molecular weight excluding hydrogens is 355 g/mol. The van der Waals surface area contributed by atoms with E-state index < -0.39 is 0 Å². The third-order valence-electron chi connectivity index (χ3n) is 6.62. The largest absolute Gasteiger partial charge is 0.396 e. The molecule has 0 aromatic heterocycles. The molecule has 4 rings (SSSR count). The number of benzene rings is 2. The van der Waals surface area contributed by atoms with Gasteiger partial charge in [-0.05, 0) is 56.6 Å². The number of halogens is 1. The van der Waals surface area contributed by atoms with E-state index in [2.05, 4.69) is 11.9 Å². The lowest BCUT2D eigenvalue weighted by atomic mass is 9.69. The van der Waals surface area contributed by atoms with Gasteiger partial charge in [0, 0.05) is 35.7 Å². The number of rotatable bonds is 3. The Hall–Kier alpha value is -2.24. The maximum atomic E-state index is 14.0. The van der Waals surface area contributed by atoms with Crippen molar-refractivity contribution >= 4 is 5.91 Å². The highest BCUT2D eigenvalue weighted by Crippen LogP contribution is 2.41. The van der Waals surface area contributed by atoms with E-state index in [1.165, 1.54) is 6.07 Å². The van der Waals surface area contributed by atoms with Crippen molar-refractivity contribution in [1.29, 1.82) is 0 Å². The first-order valence-electron chi connectivity index (χ1n) is 9.99. The first kappa shape index (κ1) is 19.1. The second kappa shape index (κ2) is 7.64. The van der Waals surface area contributed by atoms with E-state index in [4.69, 9.17) is 0 Å². The normalized spacial score (nSPS) is 25.4. The van der Waals surface area contributed by atoms with Crippen molar-refractivity contribution in [1.82, 2.24) is 9.80 Å². The number of amides is 1. The monoisotopic (exact) mass is 382 g/mol. The summed E-state index contributed by atoms with van der Waals surface area (Å²) in [5.74, 6) is -0.260. The molecule has 5 heteroatoms. The zero-order valence-corrected chi connectivity index (χ0v) is 16.3. The van der Waals surface area contributed by atoms with Crippen LogP contribution < -0.4 is 0 Å². The SMILES string of the molecule is CN1CCC[C@]2(CO)CCN(C(=O)c3ccc(-c4ccccc4F)cc3)C[C@@H]12. The minimum absolute atomic E-state index is 0.00518. The quantitative estimate of drug-likeness (QED) is 0.885. The number of nitrogens with zero attached hydrogens (tertiary/aromatic N) is 2. The van der Waals surface area contributed by atoms with Crippen LogP contribution in [0.4, 0.5) is 4.39 Å². The molecule has 0 saturated carbocycles. The molecule has 0 aliphatic carbocycles. The maximum absolute atomic E-state index is 14.0. The summed E-state index contributed by atoms with van der Waals surface area (Å²) in [4.78, 5) is 17.3. The molecule has 2 saturated heterocycles. The molecule has 2 heterocycles. The molecule has 0 unspecified atom stereocenters. The summed E-state index contributed by atoms with van der Waals surface area (Å²) in [5, 5.41) is 10.0. The second-order valence-corrected chi connectivity index (χ2v) is 8.18. The van der Waals surface area contributed by atoms with E-state index in [0.29, 0.717) is 24.2 Å². The van der Waals surface area contributed by atoms with Gasteiger partial charge in [-0.25, -0.2) is 4.39 Å². The van der Waals surface area contributed by atoms with Crippen molar-refractivity contribution in [2.75, 3.05) is 33.3 Å². The summed E-state index contributed by atoms with van der Waals surface area (Å²) in [6, 6.07) is 14.0. The van der Waals surface area contributed by atoms with Crippen molar-refractivity contribution in [2.24, 2.45) is 5.41 Å². The lowest BCUT2D eigenvalue weighted by molar-refractivity contribution is -0.0601. The molecule has 2 aliphatic heterocycles. The molecule has 0 radical (unpaired) electrons. The summed E-state index contributed by atoms with van der Waals surface area (Å²) in [6.07, 6.45) is 2.95. The molecule has 28 heavy (non-hydrogen) atoms. The molecule has 2 fully saturated rings. The molecule has 2 atom stereocenters. The highest BCUT2D eigenvalue weighted by atomic mass is 19.1. The van der Waals surface area contributed by atoms with Gasteiger partial charge < -0.3 is 14.9 Å². The smallest absolute Gasteiger partial charge is 0.253 e. The molecule has 2 aromatic carbocycles. The highest BCUT2D eigenvalue weighted by Gasteiger charge is 2.47. The number of hydrogen-bond acceptors (Lipinski definition) is 3. The zero-order chi connectivity index (χ0) is 19.7. The summed E-state index contributed by atoms with van der Waals surface area (Å²) < 4.78 is 14.0. The Bertz CT molecular complexity index is 854. The van der Waals surface area contributed by atoms with Gasteiger partial charge in [-0.15, -0.1) is 0 Å². The number of likely N-dealkylation sites (tertiary alicyclic amines) is 2. The van der Waals surface area contributed by atoms with E-state index in [-0.39, 0.29) is 29.8 Å². The van der Waals surface area contributed by atoms with Crippen LogP contribution in [0.2, 0.25) is 0 Å². The topological polar surface area (TPSA) is 43.8 Å². The van der Waals surface area contributed by atoms with Gasteiger partial charge in [-0.3, -0.25) is 4.79 Å². The van der Waals surface area contributed by atoms with Gasteiger partial charge in [0.15, 0.2) is 0 Å². The average Bonchev–Trinajstić information content (AvgIpc) is 2.74. The van der Waals surface area contributed by atoms with Crippen LogP contribution in [0.3, 0.4) is 0 Å².